The van der Waals surface area contributed by atoms with E-state index >= 15 is 0 Å². The highest BCUT2D eigenvalue weighted by Gasteiger charge is 2.48. The van der Waals surface area contributed by atoms with Crippen LogP contribution in [-0.2, 0) is 9.59 Å². The number of halogens is 3. The van der Waals surface area contributed by atoms with Crippen LogP contribution in [0.2, 0.25) is 0 Å². The van der Waals surface area contributed by atoms with Crippen molar-refractivity contribution in [1.29, 1.82) is 0 Å². The molecular formula is C17H19F3N2O4. The molecule has 1 aliphatic heterocycles. The molecular weight excluding hydrogens is 353 g/mol. The van der Waals surface area contributed by atoms with Crippen molar-refractivity contribution in [2.75, 3.05) is 13.1 Å². The number of aliphatic carboxylic acids is 1. The van der Waals surface area contributed by atoms with Crippen LogP contribution in [-0.4, -0.2) is 52.6 Å². The fourth-order valence-electron chi connectivity index (χ4n) is 2.77. The number of carboxylic acids is 1. The normalized spacial score (nSPS) is 20.9. The summed E-state index contributed by atoms with van der Waals surface area (Å²) in [5.74, 6) is -6.10. The van der Waals surface area contributed by atoms with Crippen molar-refractivity contribution in [1.82, 2.24) is 10.2 Å². The van der Waals surface area contributed by atoms with Gasteiger partial charge in [0.25, 0.3) is 5.91 Å². The average molecular weight is 372 g/mol. The van der Waals surface area contributed by atoms with Gasteiger partial charge in [0.2, 0.25) is 11.6 Å². The summed E-state index contributed by atoms with van der Waals surface area (Å²) in [6.07, 6.45) is -0.366. The molecule has 0 saturated carbocycles. The second kappa shape index (κ2) is 7.35. The summed E-state index contributed by atoms with van der Waals surface area (Å²) in [6.45, 7) is 2.41. The molecule has 2 rings (SSSR count). The number of amides is 2. The first-order chi connectivity index (χ1) is 12.1. The molecule has 6 nitrogen and oxygen atoms in total. The van der Waals surface area contributed by atoms with E-state index in [4.69, 9.17) is 5.11 Å². The summed E-state index contributed by atoms with van der Waals surface area (Å²) in [5.41, 5.74) is -3.36. The van der Waals surface area contributed by atoms with Crippen molar-refractivity contribution in [3.63, 3.8) is 0 Å². The number of nitrogens with zero attached hydrogens (tertiary/aromatic N) is 1. The fraction of sp³-hybridized carbons (Fsp3) is 0.471. The van der Waals surface area contributed by atoms with Gasteiger partial charge in [-0.05, 0) is 18.1 Å². The molecule has 26 heavy (non-hydrogen) atoms. The van der Waals surface area contributed by atoms with E-state index in [1.165, 1.54) is 0 Å². The number of nitrogens with one attached hydrogen (secondary N) is 1. The first-order valence-electron chi connectivity index (χ1n) is 8.03. The largest absolute Gasteiger partial charge is 0.479 e. The number of alkyl halides is 1. The van der Waals surface area contributed by atoms with E-state index < -0.39 is 59.2 Å². The van der Waals surface area contributed by atoms with E-state index in [-0.39, 0.29) is 13.0 Å². The van der Waals surface area contributed by atoms with E-state index in [2.05, 4.69) is 5.32 Å². The Morgan fingerprint density at radius 1 is 1.23 bits per heavy atom. The molecule has 1 aromatic rings. The van der Waals surface area contributed by atoms with Gasteiger partial charge < -0.3 is 15.3 Å². The van der Waals surface area contributed by atoms with E-state index in [0.717, 1.165) is 23.1 Å². The Bertz CT molecular complexity index is 720. The third kappa shape index (κ3) is 3.81. The summed E-state index contributed by atoms with van der Waals surface area (Å²) >= 11 is 0. The average Bonchev–Trinajstić information content (AvgIpc) is 2.95. The molecule has 2 N–H and O–H groups in total. The van der Waals surface area contributed by atoms with Crippen molar-refractivity contribution in [2.24, 2.45) is 5.92 Å². The van der Waals surface area contributed by atoms with Crippen LogP contribution in [0.1, 0.15) is 30.6 Å². The molecule has 0 spiro atoms. The Morgan fingerprint density at radius 3 is 2.27 bits per heavy atom. The van der Waals surface area contributed by atoms with Gasteiger partial charge in [0.15, 0.2) is 0 Å². The smallest absolute Gasteiger partial charge is 0.343 e. The summed E-state index contributed by atoms with van der Waals surface area (Å²) < 4.78 is 41.6. The van der Waals surface area contributed by atoms with Crippen molar-refractivity contribution in [3.8, 4) is 0 Å². The third-order valence-electron chi connectivity index (χ3n) is 4.32. The molecule has 2 atom stereocenters. The predicted octanol–water partition coefficient (Wildman–Crippen LogP) is 1.74. The molecule has 1 heterocycles. The summed E-state index contributed by atoms with van der Waals surface area (Å²) in [5, 5.41) is 11.2. The standard InChI is InChI=1S/C17H19F3N2O4/c1-9(2)13(15(24)22-7-6-17(20,8-22)16(25)26)21-14(23)12-10(18)4-3-5-11(12)19/h3-5,9,13H,6-8H2,1-2H3,(H,21,23)(H,25,26). The van der Waals surface area contributed by atoms with E-state index in [0.29, 0.717) is 0 Å². The van der Waals surface area contributed by atoms with Crippen LogP contribution in [0, 0.1) is 17.6 Å². The summed E-state index contributed by atoms with van der Waals surface area (Å²) in [7, 11) is 0. The van der Waals surface area contributed by atoms with Gasteiger partial charge in [-0.15, -0.1) is 0 Å². The molecule has 0 aliphatic carbocycles. The summed E-state index contributed by atoms with van der Waals surface area (Å²) in [6, 6.07) is 1.74. The SMILES string of the molecule is CC(C)C(NC(=O)c1c(F)cccc1F)C(=O)N1CCC(F)(C(=O)O)C1. The quantitative estimate of drug-likeness (QED) is 0.824. The number of carbonyl (C=O) groups is 3. The highest BCUT2D eigenvalue weighted by atomic mass is 19.1. The monoisotopic (exact) mass is 372 g/mol. The lowest BCUT2D eigenvalue weighted by atomic mass is 10.0. The van der Waals surface area contributed by atoms with Gasteiger partial charge in [0, 0.05) is 13.0 Å². The van der Waals surface area contributed by atoms with Crippen molar-refractivity contribution in [2.45, 2.75) is 32.0 Å². The van der Waals surface area contributed by atoms with Crippen LogP contribution >= 0.6 is 0 Å². The molecule has 2 amide bonds. The van der Waals surface area contributed by atoms with Crippen molar-refractivity contribution < 1.29 is 32.7 Å². The maximum atomic E-state index is 14.2. The molecule has 1 aromatic carbocycles. The Kier molecular flexibility index (Phi) is 5.58. The van der Waals surface area contributed by atoms with Gasteiger partial charge in [-0.1, -0.05) is 19.9 Å². The zero-order valence-electron chi connectivity index (χ0n) is 14.3. The van der Waals surface area contributed by atoms with E-state index in [1.54, 1.807) is 13.8 Å². The Labute approximate surface area is 148 Å². The lowest BCUT2D eigenvalue weighted by Crippen LogP contribution is -2.52. The molecule has 142 valence electrons. The molecule has 0 aromatic heterocycles. The highest BCUT2D eigenvalue weighted by molar-refractivity contribution is 5.98. The van der Waals surface area contributed by atoms with Gasteiger partial charge in [0.05, 0.1) is 6.54 Å². The number of benzene rings is 1. The maximum Gasteiger partial charge on any atom is 0.343 e. The molecule has 0 radical (unpaired) electrons. The zero-order valence-corrected chi connectivity index (χ0v) is 14.3. The van der Waals surface area contributed by atoms with Gasteiger partial charge in [-0.2, -0.15) is 0 Å². The number of carbonyl (C=O) groups excluding carboxylic acids is 2. The first-order valence-corrected chi connectivity index (χ1v) is 8.03. The van der Waals surface area contributed by atoms with Gasteiger partial charge in [0.1, 0.15) is 23.2 Å². The third-order valence-corrected chi connectivity index (χ3v) is 4.32. The van der Waals surface area contributed by atoms with Crippen LogP contribution < -0.4 is 5.32 Å². The van der Waals surface area contributed by atoms with Crippen LogP contribution in [0.4, 0.5) is 13.2 Å². The van der Waals surface area contributed by atoms with Crippen molar-refractivity contribution >= 4 is 17.8 Å². The predicted molar refractivity (Wildman–Crippen MR) is 85.1 cm³/mol. The molecule has 9 heteroatoms. The fourth-order valence-corrected chi connectivity index (χ4v) is 2.77. The van der Waals surface area contributed by atoms with Crippen LogP contribution in [0.5, 0.6) is 0 Å². The van der Waals surface area contributed by atoms with Crippen LogP contribution in [0.25, 0.3) is 0 Å². The topological polar surface area (TPSA) is 86.7 Å². The lowest BCUT2D eigenvalue weighted by Gasteiger charge is -2.27. The number of carboxylic acid groups (broad SMARTS) is 1. The summed E-state index contributed by atoms with van der Waals surface area (Å²) in [4.78, 5) is 36.8. The molecule has 0 bridgehead atoms. The minimum Gasteiger partial charge on any atom is -0.479 e. The van der Waals surface area contributed by atoms with Gasteiger partial charge in [-0.25, -0.2) is 18.0 Å². The second-order valence-electron chi connectivity index (χ2n) is 6.57. The minimum absolute atomic E-state index is 0.130. The van der Waals surface area contributed by atoms with Crippen LogP contribution in [0.15, 0.2) is 18.2 Å². The highest BCUT2D eigenvalue weighted by Crippen LogP contribution is 2.27. The maximum absolute atomic E-state index is 14.2. The number of rotatable bonds is 5. The molecule has 1 fully saturated rings. The van der Waals surface area contributed by atoms with E-state index in [9.17, 15) is 27.6 Å². The van der Waals surface area contributed by atoms with Crippen LogP contribution in [0.3, 0.4) is 0 Å². The van der Waals surface area contributed by atoms with Gasteiger partial charge >= 0.3 is 5.97 Å². The van der Waals surface area contributed by atoms with Gasteiger partial charge in [-0.3, -0.25) is 9.59 Å². The molecule has 1 saturated heterocycles. The number of hydrogen-bond donors (Lipinski definition) is 2. The number of likely N-dealkylation sites (tertiary alicyclic amines) is 1. The van der Waals surface area contributed by atoms with Crippen molar-refractivity contribution in [3.05, 3.63) is 35.4 Å². The molecule has 2 unspecified atom stereocenters. The Balaban J connectivity index is 2.18. The lowest BCUT2D eigenvalue weighted by molar-refractivity contribution is -0.150. The minimum atomic E-state index is -2.54. The first kappa shape index (κ1) is 19.7. The number of hydrogen-bond acceptors (Lipinski definition) is 3. The molecule has 1 aliphatic rings. The Hall–Kier alpha value is -2.58. The Morgan fingerprint density at radius 2 is 1.81 bits per heavy atom. The van der Waals surface area contributed by atoms with E-state index in [1.807, 2.05) is 0 Å². The second-order valence-corrected chi connectivity index (χ2v) is 6.57. The zero-order chi connectivity index (χ0) is 19.6.